The zero-order valence-corrected chi connectivity index (χ0v) is 13.6. The summed E-state index contributed by atoms with van der Waals surface area (Å²) in [5, 5.41) is 7.83. The first-order chi connectivity index (χ1) is 9.88. The average Bonchev–Trinajstić information content (AvgIpc) is 2.39. The molecule has 0 spiro atoms. The van der Waals surface area contributed by atoms with Gasteiger partial charge < -0.3 is 15.5 Å². The van der Waals surface area contributed by atoms with Crippen LogP contribution in [0.3, 0.4) is 0 Å². The van der Waals surface area contributed by atoms with E-state index in [4.69, 9.17) is 11.1 Å². The van der Waals surface area contributed by atoms with Gasteiger partial charge in [-0.3, -0.25) is 5.41 Å². The molecule has 5 nitrogen and oxygen atoms in total. The monoisotopic (exact) mass is 289 g/mol. The van der Waals surface area contributed by atoms with Crippen LogP contribution in [-0.2, 0) is 0 Å². The number of nitrogens with one attached hydrogen (secondary N) is 1. The summed E-state index contributed by atoms with van der Waals surface area (Å²) in [5.74, 6) is 1.64. The van der Waals surface area contributed by atoms with Gasteiger partial charge in [-0.05, 0) is 64.4 Å². The third-order valence-corrected chi connectivity index (χ3v) is 4.33. The lowest BCUT2D eigenvalue weighted by atomic mass is 9.96. The first kappa shape index (κ1) is 15.8. The molecule has 1 aliphatic heterocycles. The summed E-state index contributed by atoms with van der Waals surface area (Å²) in [7, 11) is 4.24. The van der Waals surface area contributed by atoms with Crippen LogP contribution in [0.25, 0.3) is 0 Å². The summed E-state index contributed by atoms with van der Waals surface area (Å²) < 4.78 is 0. The second kappa shape index (κ2) is 6.43. The van der Waals surface area contributed by atoms with Crippen LogP contribution >= 0.6 is 0 Å². The van der Waals surface area contributed by atoms with Crippen molar-refractivity contribution < 1.29 is 0 Å². The van der Waals surface area contributed by atoms with Gasteiger partial charge in [-0.25, -0.2) is 4.98 Å². The van der Waals surface area contributed by atoms with Gasteiger partial charge in [0.15, 0.2) is 0 Å². The van der Waals surface area contributed by atoms with Gasteiger partial charge in [0, 0.05) is 19.3 Å². The van der Waals surface area contributed by atoms with Gasteiger partial charge in [-0.15, -0.1) is 0 Å². The summed E-state index contributed by atoms with van der Waals surface area (Å²) in [6.07, 6.45) is 2.45. The van der Waals surface area contributed by atoms with Crippen LogP contribution < -0.4 is 10.6 Å². The van der Waals surface area contributed by atoms with Crippen molar-refractivity contribution in [2.75, 3.05) is 38.6 Å². The molecule has 0 aromatic carbocycles. The van der Waals surface area contributed by atoms with Crippen molar-refractivity contribution in [1.82, 2.24) is 9.88 Å². The number of hydrogen-bond donors (Lipinski definition) is 2. The molecular weight excluding hydrogens is 262 g/mol. The lowest BCUT2D eigenvalue weighted by Crippen LogP contribution is -2.36. The number of likely N-dealkylation sites (tertiary alicyclic amines) is 1. The van der Waals surface area contributed by atoms with E-state index in [1.165, 1.54) is 25.9 Å². The molecule has 3 N–H and O–H groups in total. The van der Waals surface area contributed by atoms with Crippen molar-refractivity contribution in [3.63, 3.8) is 0 Å². The molecule has 116 valence electrons. The highest BCUT2D eigenvalue weighted by atomic mass is 15.2. The molecule has 5 heteroatoms. The van der Waals surface area contributed by atoms with Gasteiger partial charge in [0.1, 0.15) is 11.7 Å². The number of amidine groups is 1. The van der Waals surface area contributed by atoms with E-state index in [0.29, 0.717) is 5.92 Å². The second-order valence-electron chi connectivity index (χ2n) is 6.32. The lowest BCUT2D eigenvalue weighted by molar-refractivity contribution is 0.222. The largest absolute Gasteiger partial charge is 0.384 e. The van der Waals surface area contributed by atoms with Crippen LogP contribution in [0.2, 0.25) is 0 Å². The van der Waals surface area contributed by atoms with Crippen LogP contribution in [0.5, 0.6) is 0 Å². The smallest absolute Gasteiger partial charge is 0.139 e. The number of piperidine rings is 1. The Kier molecular flexibility index (Phi) is 4.83. The maximum atomic E-state index is 7.83. The number of nitrogens with zero attached hydrogens (tertiary/aromatic N) is 3. The Morgan fingerprint density at radius 1 is 1.43 bits per heavy atom. The van der Waals surface area contributed by atoms with Crippen molar-refractivity contribution in [1.29, 1.82) is 5.41 Å². The molecule has 0 unspecified atom stereocenters. The Bertz CT molecular complexity index is 518. The van der Waals surface area contributed by atoms with E-state index < -0.39 is 0 Å². The van der Waals surface area contributed by atoms with E-state index >= 15 is 0 Å². The van der Waals surface area contributed by atoms with Crippen LogP contribution in [0, 0.1) is 25.2 Å². The van der Waals surface area contributed by atoms with E-state index in [9.17, 15) is 0 Å². The number of nitrogen functional groups attached to an aromatic ring is 1. The molecule has 1 aliphatic rings. The average molecular weight is 289 g/mol. The predicted octanol–water partition coefficient (Wildman–Crippen LogP) is 1.76. The first-order valence-electron chi connectivity index (χ1n) is 7.60. The fraction of sp³-hybridized carbons (Fsp3) is 0.625. The predicted molar refractivity (Wildman–Crippen MR) is 88.2 cm³/mol. The minimum absolute atomic E-state index is 0.102. The van der Waals surface area contributed by atoms with E-state index in [1.807, 2.05) is 19.9 Å². The second-order valence-corrected chi connectivity index (χ2v) is 6.32. The summed E-state index contributed by atoms with van der Waals surface area (Å²) in [6.45, 7) is 7.29. The molecule has 1 aromatic rings. The van der Waals surface area contributed by atoms with Gasteiger partial charge in [0.25, 0.3) is 0 Å². The van der Waals surface area contributed by atoms with Crippen LogP contribution in [-0.4, -0.2) is 49.4 Å². The Labute approximate surface area is 127 Å². The minimum atomic E-state index is 0.102. The van der Waals surface area contributed by atoms with Crippen LogP contribution in [0.15, 0.2) is 6.07 Å². The third kappa shape index (κ3) is 3.73. The summed E-state index contributed by atoms with van der Waals surface area (Å²) >= 11 is 0. The number of aryl methyl sites for hydroxylation is 2. The minimum Gasteiger partial charge on any atom is -0.384 e. The molecule has 0 atom stereocenters. The van der Waals surface area contributed by atoms with Crippen molar-refractivity contribution in [2.24, 2.45) is 11.7 Å². The molecule has 21 heavy (non-hydrogen) atoms. The number of rotatable bonds is 4. The molecule has 1 aromatic heterocycles. The number of nitrogens with two attached hydrogens (primary N) is 1. The fourth-order valence-corrected chi connectivity index (χ4v) is 3.14. The molecule has 2 heterocycles. The molecule has 1 fully saturated rings. The van der Waals surface area contributed by atoms with Crippen molar-refractivity contribution in [2.45, 2.75) is 26.7 Å². The quantitative estimate of drug-likeness (QED) is 0.654. The van der Waals surface area contributed by atoms with E-state index in [0.717, 1.165) is 29.2 Å². The molecule has 0 bridgehead atoms. The molecule has 2 rings (SSSR count). The normalized spacial score (nSPS) is 17.0. The topological polar surface area (TPSA) is 69.2 Å². The Morgan fingerprint density at radius 3 is 2.62 bits per heavy atom. The van der Waals surface area contributed by atoms with Gasteiger partial charge in [0.05, 0.1) is 5.56 Å². The lowest BCUT2D eigenvalue weighted by Gasteiger charge is -2.32. The first-order valence-corrected chi connectivity index (χ1v) is 7.60. The highest BCUT2D eigenvalue weighted by Gasteiger charge is 2.21. The molecule has 1 saturated heterocycles. The van der Waals surface area contributed by atoms with E-state index in [1.54, 1.807) is 0 Å². The number of aromatic nitrogens is 1. The molecule has 0 radical (unpaired) electrons. The van der Waals surface area contributed by atoms with E-state index in [2.05, 4.69) is 28.9 Å². The molecule has 0 saturated carbocycles. The molecular formula is C16H27N5. The van der Waals surface area contributed by atoms with Gasteiger partial charge in [-0.2, -0.15) is 0 Å². The maximum absolute atomic E-state index is 7.83. The number of hydrogen-bond acceptors (Lipinski definition) is 4. The SMILES string of the molecule is Cc1cc(C)c(C(=N)N)c(N(C)CC2CCN(C)CC2)n1. The summed E-state index contributed by atoms with van der Waals surface area (Å²) in [4.78, 5) is 9.19. The third-order valence-electron chi connectivity index (χ3n) is 4.33. The highest BCUT2D eigenvalue weighted by molar-refractivity contribution is 6.01. The fourth-order valence-electron chi connectivity index (χ4n) is 3.14. The van der Waals surface area contributed by atoms with Crippen molar-refractivity contribution in [3.8, 4) is 0 Å². The van der Waals surface area contributed by atoms with Crippen molar-refractivity contribution in [3.05, 3.63) is 22.9 Å². The maximum Gasteiger partial charge on any atom is 0.139 e. The van der Waals surface area contributed by atoms with Gasteiger partial charge in [-0.1, -0.05) is 0 Å². The van der Waals surface area contributed by atoms with Crippen LogP contribution in [0.1, 0.15) is 29.7 Å². The summed E-state index contributed by atoms with van der Waals surface area (Å²) in [5.41, 5.74) is 8.54. The number of anilines is 1. The Morgan fingerprint density at radius 2 is 2.05 bits per heavy atom. The molecule has 0 amide bonds. The zero-order chi connectivity index (χ0) is 15.6. The van der Waals surface area contributed by atoms with Crippen molar-refractivity contribution >= 4 is 11.7 Å². The molecule has 0 aliphatic carbocycles. The van der Waals surface area contributed by atoms with Gasteiger partial charge in [0.2, 0.25) is 0 Å². The van der Waals surface area contributed by atoms with Crippen LogP contribution in [0.4, 0.5) is 5.82 Å². The Hall–Kier alpha value is -1.62. The highest BCUT2D eigenvalue weighted by Crippen LogP contribution is 2.24. The summed E-state index contributed by atoms with van der Waals surface area (Å²) in [6, 6.07) is 1.99. The Balaban J connectivity index is 2.18. The number of pyridine rings is 1. The zero-order valence-electron chi connectivity index (χ0n) is 13.6. The van der Waals surface area contributed by atoms with Gasteiger partial charge >= 0.3 is 0 Å². The standard InChI is InChI=1S/C16H27N5/c1-11-9-12(2)19-16(14(11)15(17)18)21(4)10-13-5-7-20(3)8-6-13/h9,13H,5-8,10H2,1-4H3,(H3,17,18). The van der Waals surface area contributed by atoms with E-state index in [-0.39, 0.29) is 5.84 Å².